The molecule has 0 aromatic carbocycles. The molecule has 16 heavy (non-hydrogen) atoms. The summed E-state index contributed by atoms with van der Waals surface area (Å²) in [6.07, 6.45) is 1.15. The molecule has 0 saturated carbocycles. The maximum atomic E-state index is 11.8. The molecule has 1 saturated heterocycles. The third-order valence-electron chi connectivity index (χ3n) is 2.92. The average molecular weight is 227 g/mol. The van der Waals surface area contributed by atoms with Gasteiger partial charge in [-0.05, 0) is 26.2 Å². The number of ether oxygens (including phenoxy) is 1. The summed E-state index contributed by atoms with van der Waals surface area (Å²) in [5.74, 6) is -0.146. The Morgan fingerprint density at radius 3 is 2.62 bits per heavy atom. The molecule has 1 aliphatic rings. The van der Waals surface area contributed by atoms with Crippen LogP contribution in [0.15, 0.2) is 0 Å². The van der Waals surface area contributed by atoms with Gasteiger partial charge in [-0.3, -0.25) is 9.59 Å². The van der Waals surface area contributed by atoms with Crippen LogP contribution in [0.5, 0.6) is 0 Å². The number of nitrogens with one attached hydrogen (secondary N) is 1. The van der Waals surface area contributed by atoms with E-state index in [4.69, 9.17) is 4.74 Å². The zero-order valence-electron chi connectivity index (χ0n) is 10.5. The van der Waals surface area contributed by atoms with E-state index < -0.39 is 5.60 Å². The summed E-state index contributed by atoms with van der Waals surface area (Å²) >= 11 is 0. The first kappa shape index (κ1) is 13.0. The van der Waals surface area contributed by atoms with Gasteiger partial charge in [0.15, 0.2) is 0 Å². The minimum atomic E-state index is -0.668. The minimum Gasteiger partial charge on any atom is -0.459 e. The van der Waals surface area contributed by atoms with Gasteiger partial charge in [0.05, 0.1) is 12.3 Å². The standard InChI is InChI=1S/C12H21NO3/c1-8(2)5-6-13-11(15)9-7-10(14)16-12(9,3)4/h8-9H,5-7H2,1-4H3,(H,13,15). The number of carbonyl (C=O) groups excluding carboxylic acids is 2. The van der Waals surface area contributed by atoms with Gasteiger partial charge in [0, 0.05) is 6.54 Å². The quantitative estimate of drug-likeness (QED) is 0.740. The molecule has 0 aromatic rings. The molecule has 4 heteroatoms. The number of amides is 1. The second kappa shape index (κ2) is 4.85. The number of rotatable bonds is 4. The van der Waals surface area contributed by atoms with Crippen LogP contribution in [0.3, 0.4) is 0 Å². The first-order chi connectivity index (χ1) is 7.33. The second-order valence-corrected chi connectivity index (χ2v) is 5.31. The fourth-order valence-electron chi connectivity index (χ4n) is 1.83. The number of cyclic esters (lactones) is 1. The van der Waals surface area contributed by atoms with E-state index in [-0.39, 0.29) is 24.2 Å². The second-order valence-electron chi connectivity index (χ2n) is 5.31. The van der Waals surface area contributed by atoms with Gasteiger partial charge in [-0.15, -0.1) is 0 Å². The maximum absolute atomic E-state index is 11.8. The van der Waals surface area contributed by atoms with Crippen LogP contribution in [-0.4, -0.2) is 24.0 Å². The van der Waals surface area contributed by atoms with Crippen molar-refractivity contribution in [2.45, 2.75) is 46.1 Å². The first-order valence-corrected chi connectivity index (χ1v) is 5.82. The van der Waals surface area contributed by atoms with Gasteiger partial charge >= 0.3 is 5.97 Å². The molecular formula is C12H21NO3. The summed E-state index contributed by atoms with van der Waals surface area (Å²) in [5, 5.41) is 2.86. The smallest absolute Gasteiger partial charge is 0.307 e. The average Bonchev–Trinajstić information content (AvgIpc) is 2.38. The number of hydrogen-bond acceptors (Lipinski definition) is 3. The van der Waals surface area contributed by atoms with Gasteiger partial charge in [0.25, 0.3) is 0 Å². The van der Waals surface area contributed by atoms with Gasteiger partial charge in [0.2, 0.25) is 5.91 Å². The fourth-order valence-corrected chi connectivity index (χ4v) is 1.83. The monoisotopic (exact) mass is 227 g/mol. The molecule has 1 N–H and O–H groups in total. The minimum absolute atomic E-state index is 0.0727. The van der Waals surface area contributed by atoms with Crippen LogP contribution in [0.4, 0.5) is 0 Å². The van der Waals surface area contributed by atoms with E-state index in [9.17, 15) is 9.59 Å². The molecule has 1 atom stereocenters. The molecule has 0 aliphatic carbocycles. The van der Waals surface area contributed by atoms with Crippen molar-refractivity contribution in [3.05, 3.63) is 0 Å². The number of hydrogen-bond donors (Lipinski definition) is 1. The Bertz CT molecular complexity index is 284. The highest BCUT2D eigenvalue weighted by Crippen LogP contribution is 2.32. The van der Waals surface area contributed by atoms with Crippen LogP contribution in [0, 0.1) is 11.8 Å². The molecular weight excluding hydrogens is 206 g/mol. The van der Waals surface area contributed by atoms with Gasteiger partial charge in [0.1, 0.15) is 5.60 Å². The van der Waals surface area contributed by atoms with Gasteiger partial charge in [-0.1, -0.05) is 13.8 Å². The summed E-state index contributed by atoms with van der Waals surface area (Å²) in [5.41, 5.74) is -0.668. The van der Waals surface area contributed by atoms with Gasteiger partial charge in [-0.2, -0.15) is 0 Å². The summed E-state index contributed by atoms with van der Waals surface area (Å²) in [7, 11) is 0. The van der Waals surface area contributed by atoms with Crippen molar-refractivity contribution in [2.75, 3.05) is 6.54 Å². The fraction of sp³-hybridized carbons (Fsp3) is 0.833. The van der Waals surface area contributed by atoms with Crippen LogP contribution in [-0.2, 0) is 14.3 Å². The van der Waals surface area contributed by atoms with Crippen molar-refractivity contribution in [3.63, 3.8) is 0 Å². The van der Waals surface area contributed by atoms with E-state index in [1.165, 1.54) is 0 Å². The van der Waals surface area contributed by atoms with E-state index in [1.54, 1.807) is 13.8 Å². The van der Waals surface area contributed by atoms with Gasteiger partial charge in [-0.25, -0.2) is 0 Å². The Morgan fingerprint density at radius 1 is 1.56 bits per heavy atom. The SMILES string of the molecule is CC(C)CCNC(=O)C1CC(=O)OC1(C)C. The maximum Gasteiger partial charge on any atom is 0.307 e. The predicted molar refractivity (Wildman–Crippen MR) is 60.7 cm³/mol. The topological polar surface area (TPSA) is 55.4 Å². The lowest BCUT2D eigenvalue weighted by molar-refractivity contribution is -0.147. The summed E-state index contributed by atoms with van der Waals surface area (Å²) in [6.45, 7) is 8.45. The zero-order chi connectivity index (χ0) is 12.3. The summed E-state index contributed by atoms with van der Waals surface area (Å²) in [6, 6.07) is 0. The zero-order valence-corrected chi connectivity index (χ0v) is 10.5. The molecule has 0 aromatic heterocycles. The summed E-state index contributed by atoms with van der Waals surface area (Å²) in [4.78, 5) is 23.0. The van der Waals surface area contributed by atoms with Crippen LogP contribution in [0.2, 0.25) is 0 Å². The van der Waals surface area contributed by atoms with Crippen LogP contribution < -0.4 is 5.32 Å². The molecule has 1 rings (SSSR count). The Kier molecular flexibility index (Phi) is 3.94. The van der Waals surface area contributed by atoms with Crippen LogP contribution in [0.1, 0.15) is 40.5 Å². The molecule has 0 bridgehead atoms. The number of esters is 1. The Labute approximate surface area is 96.7 Å². The van der Waals surface area contributed by atoms with Crippen LogP contribution in [0.25, 0.3) is 0 Å². The lowest BCUT2D eigenvalue weighted by Crippen LogP contribution is -2.40. The highest BCUT2D eigenvalue weighted by Gasteiger charge is 2.45. The molecule has 0 radical (unpaired) electrons. The molecule has 0 spiro atoms. The molecule has 4 nitrogen and oxygen atoms in total. The lowest BCUT2D eigenvalue weighted by atomic mass is 9.90. The van der Waals surface area contributed by atoms with Crippen molar-refractivity contribution < 1.29 is 14.3 Å². The molecule has 1 fully saturated rings. The number of carbonyl (C=O) groups is 2. The van der Waals surface area contributed by atoms with Crippen molar-refractivity contribution in [1.29, 1.82) is 0 Å². The lowest BCUT2D eigenvalue weighted by Gasteiger charge is -2.23. The van der Waals surface area contributed by atoms with Crippen molar-refractivity contribution >= 4 is 11.9 Å². The van der Waals surface area contributed by atoms with Crippen molar-refractivity contribution in [3.8, 4) is 0 Å². The highest BCUT2D eigenvalue weighted by molar-refractivity contribution is 5.87. The summed E-state index contributed by atoms with van der Waals surface area (Å²) < 4.78 is 5.11. The van der Waals surface area contributed by atoms with Crippen molar-refractivity contribution in [2.24, 2.45) is 11.8 Å². The van der Waals surface area contributed by atoms with E-state index in [0.717, 1.165) is 6.42 Å². The third kappa shape index (κ3) is 3.22. The van der Waals surface area contributed by atoms with Crippen LogP contribution >= 0.6 is 0 Å². The van der Waals surface area contributed by atoms with Crippen molar-refractivity contribution in [1.82, 2.24) is 5.32 Å². The van der Waals surface area contributed by atoms with E-state index in [1.807, 2.05) is 0 Å². The third-order valence-corrected chi connectivity index (χ3v) is 2.92. The molecule has 1 amide bonds. The van der Waals surface area contributed by atoms with E-state index in [0.29, 0.717) is 12.5 Å². The molecule has 1 aliphatic heterocycles. The normalized spacial score (nSPS) is 23.3. The van der Waals surface area contributed by atoms with Gasteiger partial charge < -0.3 is 10.1 Å². The molecule has 92 valence electrons. The van der Waals surface area contributed by atoms with E-state index in [2.05, 4.69) is 19.2 Å². The first-order valence-electron chi connectivity index (χ1n) is 5.82. The predicted octanol–water partition coefficient (Wildman–Crippen LogP) is 1.49. The Balaban J connectivity index is 2.45. The molecule has 1 heterocycles. The Morgan fingerprint density at radius 2 is 2.19 bits per heavy atom. The Hall–Kier alpha value is -1.06. The molecule has 1 unspecified atom stereocenters. The highest BCUT2D eigenvalue weighted by atomic mass is 16.6. The van der Waals surface area contributed by atoms with E-state index >= 15 is 0 Å². The largest absolute Gasteiger partial charge is 0.459 e.